The Hall–Kier alpha value is -1.54. The number of thioether (sulfide) groups is 1. The number of hydrogen-bond acceptors (Lipinski definition) is 6. The maximum absolute atomic E-state index is 12.4. The monoisotopic (exact) mass is 359 g/mol. The third-order valence-electron chi connectivity index (χ3n) is 3.28. The summed E-state index contributed by atoms with van der Waals surface area (Å²) in [4.78, 5) is 24.2. The first-order chi connectivity index (χ1) is 10.7. The van der Waals surface area contributed by atoms with Crippen LogP contribution in [0.5, 0.6) is 0 Å². The van der Waals surface area contributed by atoms with Gasteiger partial charge in [0.15, 0.2) is 9.84 Å². The van der Waals surface area contributed by atoms with Gasteiger partial charge in [-0.15, -0.1) is 0 Å². The van der Waals surface area contributed by atoms with Crippen molar-refractivity contribution in [2.24, 2.45) is 0 Å². The molecule has 6 nitrogen and oxygen atoms in total. The molecule has 0 saturated heterocycles. The number of amides is 1. The van der Waals surface area contributed by atoms with Gasteiger partial charge >= 0.3 is 5.97 Å². The van der Waals surface area contributed by atoms with Crippen molar-refractivity contribution in [1.82, 2.24) is 5.32 Å². The Bertz CT molecular complexity index is 685. The maximum Gasteiger partial charge on any atom is 0.328 e. The van der Waals surface area contributed by atoms with Crippen LogP contribution in [0.2, 0.25) is 0 Å². The first-order valence-corrected chi connectivity index (χ1v) is 10.2. The fourth-order valence-electron chi connectivity index (χ4n) is 1.94. The van der Waals surface area contributed by atoms with Gasteiger partial charge in [-0.3, -0.25) is 4.79 Å². The molecular formula is C15H21NO5S2. The molecule has 1 N–H and O–H groups in total. The van der Waals surface area contributed by atoms with Crippen molar-refractivity contribution in [2.45, 2.75) is 24.3 Å². The molecule has 0 unspecified atom stereocenters. The highest BCUT2D eigenvalue weighted by molar-refractivity contribution is 7.98. The number of hydrogen-bond donors (Lipinski definition) is 1. The lowest BCUT2D eigenvalue weighted by molar-refractivity contribution is -0.142. The highest BCUT2D eigenvalue weighted by atomic mass is 32.2. The molecule has 1 atom stereocenters. The zero-order valence-electron chi connectivity index (χ0n) is 13.6. The van der Waals surface area contributed by atoms with Crippen LogP contribution >= 0.6 is 11.8 Å². The van der Waals surface area contributed by atoms with Gasteiger partial charge in [-0.05, 0) is 43.0 Å². The van der Waals surface area contributed by atoms with E-state index < -0.39 is 27.8 Å². The van der Waals surface area contributed by atoms with Crippen molar-refractivity contribution in [3.05, 3.63) is 29.3 Å². The molecule has 0 bridgehead atoms. The van der Waals surface area contributed by atoms with Gasteiger partial charge in [-0.2, -0.15) is 11.8 Å². The first kappa shape index (κ1) is 19.5. The summed E-state index contributed by atoms with van der Waals surface area (Å²) in [5.74, 6) is -0.337. The second-order valence-electron chi connectivity index (χ2n) is 5.08. The van der Waals surface area contributed by atoms with E-state index in [0.29, 0.717) is 17.7 Å². The fourth-order valence-corrected chi connectivity index (χ4v) is 3.06. The van der Waals surface area contributed by atoms with Crippen LogP contribution in [0.15, 0.2) is 23.1 Å². The quantitative estimate of drug-likeness (QED) is 0.741. The predicted octanol–water partition coefficient (Wildman–Crippen LogP) is 1.42. The molecule has 0 aliphatic rings. The number of rotatable bonds is 7. The molecule has 0 fully saturated rings. The van der Waals surface area contributed by atoms with Crippen LogP contribution < -0.4 is 5.32 Å². The van der Waals surface area contributed by atoms with Crippen LogP contribution in [0.25, 0.3) is 0 Å². The first-order valence-electron chi connectivity index (χ1n) is 6.89. The topological polar surface area (TPSA) is 89.5 Å². The van der Waals surface area contributed by atoms with Crippen LogP contribution in [0.1, 0.15) is 22.3 Å². The molecule has 0 saturated carbocycles. The van der Waals surface area contributed by atoms with Gasteiger partial charge < -0.3 is 10.1 Å². The highest BCUT2D eigenvalue weighted by Gasteiger charge is 2.23. The van der Waals surface area contributed by atoms with E-state index in [1.807, 2.05) is 6.26 Å². The lowest BCUT2D eigenvalue weighted by atomic mass is 10.1. The predicted molar refractivity (Wildman–Crippen MR) is 90.6 cm³/mol. The molecule has 0 aromatic heterocycles. The number of methoxy groups -OCH3 is 1. The number of benzene rings is 1. The standard InChI is InChI=1S/C15H21NO5S2/c1-10-5-6-11(23(4,19)20)9-12(10)14(17)16-13(7-8-22-3)15(18)21-2/h5-6,9,13H,7-8H2,1-4H3,(H,16,17)/t13-/m0/s1. The van der Waals surface area contributed by atoms with E-state index in [0.717, 1.165) is 6.26 Å². The van der Waals surface area contributed by atoms with Crippen LogP contribution in [0, 0.1) is 6.92 Å². The average Bonchev–Trinajstić information content (AvgIpc) is 2.49. The third kappa shape index (κ3) is 5.54. The maximum atomic E-state index is 12.4. The minimum atomic E-state index is -3.41. The Morgan fingerprint density at radius 2 is 2.00 bits per heavy atom. The van der Waals surface area contributed by atoms with Crippen molar-refractivity contribution in [3.63, 3.8) is 0 Å². The summed E-state index contributed by atoms with van der Waals surface area (Å²) in [7, 11) is -2.15. The molecule has 1 rings (SSSR count). The van der Waals surface area contributed by atoms with E-state index >= 15 is 0 Å². The number of sulfone groups is 1. The van der Waals surface area contributed by atoms with Crippen LogP contribution in [-0.4, -0.2) is 51.7 Å². The zero-order chi connectivity index (χ0) is 17.6. The van der Waals surface area contributed by atoms with Crippen molar-refractivity contribution in [3.8, 4) is 0 Å². The minimum Gasteiger partial charge on any atom is -0.467 e. The average molecular weight is 359 g/mol. The molecule has 1 aromatic carbocycles. The number of esters is 1. The van der Waals surface area contributed by atoms with E-state index in [2.05, 4.69) is 5.32 Å². The summed E-state index contributed by atoms with van der Waals surface area (Å²) in [5.41, 5.74) is 0.856. The number of carbonyl (C=O) groups excluding carboxylic acids is 2. The Morgan fingerprint density at radius 3 is 2.52 bits per heavy atom. The summed E-state index contributed by atoms with van der Waals surface area (Å²) in [5, 5.41) is 2.62. The summed E-state index contributed by atoms with van der Waals surface area (Å²) in [6.45, 7) is 1.70. The van der Waals surface area contributed by atoms with Crippen molar-refractivity contribution < 1.29 is 22.7 Å². The SMILES string of the molecule is COC(=O)[C@H](CCSC)NC(=O)c1cc(S(C)(=O)=O)ccc1C. The van der Waals surface area contributed by atoms with E-state index in [1.165, 1.54) is 19.2 Å². The van der Waals surface area contributed by atoms with E-state index in [-0.39, 0.29) is 10.5 Å². The minimum absolute atomic E-state index is 0.0620. The molecule has 1 amide bonds. The normalized spacial score (nSPS) is 12.5. The van der Waals surface area contributed by atoms with Gasteiger partial charge in [-0.25, -0.2) is 13.2 Å². The van der Waals surface area contributed by atoms with Gasteiger partial charge in [0.1, 0.15) is 6.04 Å². The Balaban J connectivity index is 3.05. The Labute approximate surface area is 140 Å². The lowest BCUT2D eigenvalue weighted by Gasteiger charge is -2.17. The molecule has 0 aliphatic carbocycles. The number of nitrogens with one attached hydrogen (secondary N) is 1. The second kappa shape index (κ2) is 8.35. The molecule has 1 aromatic rings. The molecule has 0 aliphatic heterocycles. The summed E-state index contributed by atoms with van der Waals surface area (Å²) in [6.07, 6.45) is 3.41. The molecule has 23 heavy (non-hydrogen) atoms. The number of ether oxygens (including phenoxy) is 1. The Kier molecular flexibility index (Phi) is 7.08. The van der Waals surface area contributed by atoms with Crippen molar-refractivity contribution in [1.29, 1.82) is 0 Å². The molecule has 0 heterocycles. The van der Waals surface area contributed by atoms with Gasteiger partial charge in [0, 0.05) is 11.8 Å². The van der Waals surface area contributed by atoms with E-state index in [9.17, 15) is 18.0 Å². The van der Waals surface area contributed by atoms with E-state index in [4.69, 9.17) is 4.74 Å². The largest absolute Gasteiger partial charge is 0.467 e. The molecule has 8 heteroatoms. The number of carbonyl (C=O) groups is 2. The molecule has 128 valence electrons. The molecule has 0 radical (unpaired) electrons. The van der Waals surface area contributed by atoms with Gasteiger partial charge in [0.25, 0.3) is 5.91 Å². The van der Waals surface area contributed by atoms with Gasteiger partial charge in [0.2, 0.25) is 0 Å². The fraction of sp³-hybridized carbons (Fsp3) is 0.467. The zero-order valence-corrected chi connectivity index (χ0v) is 15.2. The smallest absolute Gasteiger partial charge is 0.328 e. The summed E-state index contributed by atoms with van der Waals surface area (Å²) in [6, 6.07) is 3.58. The van der Waals surface area contributed by atoms with Crippen LogP contribution in [-0.2, 0) is 19.4 Å². The summed E-state index contributed by atoms with van der Waals surface area (Å²) >= 11 is 1.55. The Morgan fingerprint density at radius 1 is 1.35 bits per heavy atom. The lowest BCUT2D eigenvalue weighted by Crippen LogP contribution is -2.42. The van der Waals surface area contributed by atoms with Gasteiger partial charge in [0.05, 0.1) is 12.0 Å². The highest BCUT2D eigenvalue weighted by Crippen LogP contribution is 2.16. The summed E-state index contributed by atoms with van der Waals surface area (Å²) < 4.78 is 28.0. The van der Waals surface area contributed by atoms with Crippen molar-refractivity contribution in [2.75, 3.05) is 25.4 Å². The van der Waals surface area contributed by atoms with Crippen molar-refractivity contribution >= 4 is 33.5 Å². The molecule has 0 spiro atoms. The van der Waals surface area contributed by atoms with Crippen LogP contribution in [0.4, 0.5) is 0 Å². The van der Waals surface area contributed by atoms with E-state index in [1.54, 1.807) is 24.8 Å². The number of aryl methyl sites for hydroxylation is 1. The molecular weight excluding hydrogens is 338 g/mol. The second-order valence-corrected chi connectivity index (χ2v) is 8.08. The van der Waals surface area contributed by atoms with Gasteiger partial charge in [-0.1, -0.05) is 6.07 Å². The van der Waals surface area contributed by atoms with Crippen LogP contribution in [0.3, 0.4) is 0 Å². The third-order valence-corrected chi connectivity index (χ3v) is 5.04.